The average Bonchev–Trinajstić information content (AvgIpc) is 2.72. The van der Waals surface area contributed by atoms with Gasteiger partial charge in [0.05, 0.1) is 12.7 Å². The Bertz CT molecular complexity index is 366. The lowest BCUT2D eigenvalue weighted by atomic mass is 9.82. The van der Waals surface area contributed by atoms with Gasteiger partial charge in [0.25, 0.3) is 0 Å². The van der Waals surface area contributed by atoms with Crippen LogP contribution in [0.4, 0.5) is 13.2 Å². The van der Waals surface area contributed by atoms with Gasteiger partial charge < -0.3 is 9.47 Å². The van der Waals surface area contributed by atoms with Gasteiger partial charge in [-0.1, -0.05) is 15.9 Å². The molecule has 7 heteroatoms. The summed E-state index contributed by atoms with van der Waals surface area (Å²) in [5.74, 6) is -3.97. The highest BCUT2D eigenvalue weighted by Crippen LogP contribution is 2.51. The van der Waals surface area contributed by atoms with Crippen LogP contribution in [-0.4, -0.2) is 31.0 Å². The lowest BCUT2D eigenvalue weighted by molar-refractivity contribution is -0.197. The molecule has 2 bridgehead atoms. The van der Waals surface area contributed by atoms with Crippen molar-refractivity contribution in [1.29, 1.82) is 0 Å². The molecule has 17 heavy (non-hydrogen) atoms. The number of hydrogen-bond acceptors (Lipinski definition) is 3. The van der Waals surface area contributed by atoms with Crippen LogP contribution in [-0.2, 0) is 14.3 Å². The molecule has 0 radical (unpaired) electrons. The van der Waals surface area contributed by atoms with Crippen molar-refractivity contribution < 1.29 is 27.4 Å². The fourth-order valence-electron chi connectivity index (χ4n) is 2.26. The summed E-state index contributed by atoms with van der Waals surface area (Å²) in [6, 6.07) is 0. The maximum atomic E-state index is 12.9. The minimum atomic E-state index is -4.48. The molecule has 2 aliphatic rings. The fourth-order valence-corrected chi connectivity index (χ4v) is 2.91. The van der Waals surface area contributed by atoms with E-state index in [1.54, 1.807) is 6.92 Å². The third-order valence-electron chi connectivity index (χ3n) is 2.90. The van der Waals surface area contributed by atoms with Crippen LogP contribution in [0.3, 0.4) is 0 Å². The third kappa shape index (κ3) is 2.10. The van der Waals surface area contributed by atoms with Crippen LogP contribution in [0.15, 0.2) is 10.6 Å². The molecule has 0 aromatic rings. The molecule has 2 heterocycles. The Hall–Kier alpha value is -0.560. The van der Waals surface area contributed by atoms with Gasteiger partial charge in [0.2, 0.25) is 0 Å². The van der Waals surface area contributed by atoms with E-state index >= 15 is 0 Å². The van der Waals surface area contributed by atoms with Gasteiger partial charge in [-0.3, -0.25) is 4.79 Å². The van der Waals surface area contributed by atoms with Crippen LogP contribution in [0.1, 0.15) is 6.92 Å². The van der Waals surface area contributed by atoms with E-state index in [0.29, 0.717) is 4.48 Å². The van der Waals surface area contributed by atoms with Crippen LogP contribution >= 0.6 is 15.9 Å². The van der Waals surface area contributed by atoms with Gasteiger partial charge in [-0.2, -0.15) is 13.2 Å². The number of alkyl halides is 3. The Balaban J connectivity index is 2.28. The average molecular weight is 315 g/mol. The first-order valence-corrected chi connectivity index (χ1v) is 5.91. The van der Waals surface area contributed by atoms with Crippen LogP contribution in [0, 0.1) is 11.8 Å². The molecule has 1 saturated heterocycles. The Morgan fingerprint density at radius 1 is 1.59 bits per heavy atom. The standard InChI is InChI=1S/C10H10BrF3O3/c1-2-16-9(15)6-5-3-4(11)8(17-5)7(6)10(12,13)14/h3,5-8H,2H2,1H3/t5-,6+,7-,8+/m1/s1. The van der Waals surface area contributed by atoms with Crippen molar-refractivity contribution >= 4 is 21.9 Å². The van der Waals surface area contributed by atoms with Gasteiger partial charge in [-0.25, -0.2) is 0 Å². The van der Waals surface area contributed by atoms with E-state index in [2.05, 4.69) is 20.7 Å². The van der Waals surface area contributed by atoms with Gasteiger partial charge in [-0.15, -0.1) is 0 Å². The predicted octanol–water partition coefficient (Wildman–Crippen LogP) is 2.40. The highest BCUT2D eigenvalue weighted by atomic mass is 79.9. The molecular formula is C10H10BrF3O3. The molecule has 96 valence electrons. The van der Waals surface area contributed by atoms with Crippen molar-refractivity contribution in [3.8, 4) is 0 Å². The minimum Gasteiger partial charge on any atom is -0.466 e. The van der Waals surface area contributed by atoms with Crippen molar-refractivity contribution in [2.24, 2.45) is 11.8 Å². The van der Waals surface area contributed by atoms with Gasteiger partial charge in [0.1, 0.15) is 17.9 Å². The van der Waals surface area contributed by atoms with Gasteiger partial charge in [0, 0.05) is 4.48 Å². The lowest BCUT2D eigenvalue weighted by Crippen LogP contribution is -2.42. The molecule has 0 amide bonds. The van der Waals surface area contributed by atoms with E-state index in [1.165, 1.54) is 6.08 Å². The largest absolute Gasteiger partial charge is 0.466 e. The summed E-state index contributed by atoms with van der Waals surface area (Å²) in [7, 11) is 0. The SMILES string of the molecule is CCOC(=O)[C@@H]1[C@@H](C(F)(F)F)[C@H]2O[C@@H]1C=C2Br. The molecule has 4 atom stereocenters. The summed E-state index contributed by atoms with van der Waals surface area (Å²) >= 11 is 3.03. The molecule has 2 rings (SSSR count). The zero-order chi connectivity index (χ0) is 12.8. The molecule has 0 N–H and O–H groups in total. The molecule has 0 aromatic heterocycles. The number of ether oxygens (including phenoxy) is 2. The highest BCUT2D eigenvalue weighted by Gasteiger charge is 2.63. The Morgan fingerprint density at radius 2 is 2.24 bits per heavy atom. The van der Waals surface area contributed by atoms with E-state index in [4.69, 9.17) is 4.74 Å². The summed E-state index contributed by atoms with van der Waals surface area (Å²) in [4.78, 5) is 11.6. The first kappa shape index (κ1) is 12.9. The van der Waals surface area contributed by atoms with E-state index < -0.39 is 36.2 Å². The number of carbonyl (C=O) groups is 1. The van der Waals surface area contributed by atoms with E-state index in [9.17, 15) is 18.0 Å². The maximum absolute atomic E-state index is 12.9. The first-order valence-electron chi connectivity index (χ1n) is 5.12. The zero-order valence-corrected chi connectivity index (χ0v) is 10.4. The quantitative estimate of drug-likeness (QED) is 0.734. The summed E-state index contributed by atoms with van der Waals surface area (Å²) in [6.45, 7) is 1.61. The number of fused-ring (bicyclic) bond motifs is 2. The topological polar surface area (TPSA) is 35.5 Å². The molecule has 0 saturated carbocycles. The van der Waals surface area contributed by atoms with E-state index in [0.717, 1.165) is 0 Å². The normalized spacial score (nSPS) is 35.9. The zero-order valence-electron chi connectivity index (χ0n) is 8.83. The van der Waals surface area contributed by atoms with Gasteiger partial charge in [-0.05, 0) is 13.0 Å². The van der Waals surface area contributed by atoms with Crippen LogP contribution in [0.25, 0.3) is 0 Å². The summed E-state index contributed by atoms with van der Waals surface area (Å²) in [5, 5.41) is 0. The summed E-state index contributed by atoms with van der Waals surface area (Å²) < 4.78 is 48.9. The molecular weight excluding hydrogens is 305 g/mol. The number of halogens is 4. The molecule has 3 nitrogen and oxygen atoms in total. The monoisotopic (exact) mass is 314 g/mol. The fraction of sp³-hybridized carbons (Fsp3) is 0.700. The van der Waals surface area contributed by atoms with Gasteiger partial charge >= 0.3 is 12.1 Å². The van der Waals surface area contributed by atoms with Crippen molar-refractivity contribution in [3.63, 3.8) is 0 Å². The van der Waals surface area contributed by atoms with Crippen LogP contribution in [0.5, 0.6) is 0 Å². The molecule has 0 aromatic carbocycles. The minimum absolute atomic E-state index is 0.0577. The van der Waals surface area contributed by atoms with Crippen molar-refractivity contribution in [2.45, 2.75) is 25.3 Å². The maximum Gasteiger partial charge on any atom is 0.395 e. The van der Waals surface area contributed by atoms with Gasteiger partial charge in [0.15, 0.2) is 0 Å². The van der Waals surface area contributed by atoms with E-state index in [1.807, 2.05) is 0 Å². The predicted molar refractivity (Wildman–Crippen MR) is 55.3 cm³/mol. The second kappa shape index (κ2) is 4.28. The number of esters is 1. The second-order valence-electron chi connectivity index (χ2n) is 3.92. The van der Waals surface area contributed by atoms with Crippen molar-refractivity contribution in [2.75, 3.05) is 6.61 Å². The Labute approximate surface area is 104 Å². The molecule has 0 aliphatic carbocycles. The molecule has 2 aliphatic heterocycles. The second-order valence-corrected chi connectivity index (χ2v) is 4.83. The molecule has 0 spiro atoms. The molecule has 1 fully saturated rings. The third-order valence-corrected chi connectivity index (χ3v) is 3.62. The number of hydrogen-bond donors (Lipinski definition) is 0. The number of carbonyl (C=O) groups excluding carboxylic acids is 1. The van der Waals surface area contributed by atoms with Crippen molar-refractivity contribution in [3.05, 3.63) is 10.6 Å². The first-order chi connectivity index (χ1) is 7.86. The highest BCUT2D eigenvalue weighted by molar-refractivity contribution is 9.11. The Morgan fingerprint density at radius 3 is 2.76 bits per heavy atom. The molecule has 0 unspecified atom stereocenters. The van der Waals surface area contributed by atoms with E-state index in [-0.39, 0.29) is 6.61 Å². The Kier molecular flexibility index (Phi) is 3.24. The summed E-state index contributed by atoms with van der Waals surface area (Å²) in [5.41, 5.74) is 0. The number of rotatable bonds is 2. The van der Waals surface area contributed by atoms with Crippen LogP contribution < -0.4 is 0 Å². The smallest absolute Gasteiger partial charge is 0.395 e. The van der Waals surface area contributed by atoms with Crippen LogP contribution in [0.2, 0.25) is 0 Å². The van der Waals surface area contributed by atoms with Crippen molar-refractivity contribution in [1.82, 2.24) is 0 Å². The summed E-state index contributed by atoms with van der Waals surface area (Å²) in [6.07, 6.45) is -4.95. The lowest BCUT2D eigenvalue weighted by Gasteiger charge is -2.26.